The first-order valence-corrected chi connectivity index (χ1v) is 10.7. The summed E-state index contributed by atoms with van der Waals surface area (Å²) in [6, 6.07) is 19.2. The third-order valence-corrected chi connectivity index (χ3v) is 5.44. The topological polar surface area (TPSA) is 151 Å². The first-order chi connectivity index (χ1) is 16.8. The Morgan fingerprint density at radius 2 is 1.86 bits per heavy atom. The molecule has 0 saturated heterocycles. The SMILES string of the molecule is O=C(Cc1ccccc1)N/N=C(\c1nc2ccc([N+](=O)[O-])cc2[nH]c1=O)[C@H](O)c1ccccc1Cl. The van der Waals surface area contributed by atoms with Gasteiger partial charge in [-0.3, -0.25) is 19.7 Å². The van der Waals surface area contributed by atoms with Gasteiger partial charge in [0, 0.05) is 22.7 Å². The highest BCUT2D eigenvalue weighted by atomic mass is 35.5. The number of amides is 1. The molecule has 11 heteroatoms. The van der Waals surface area contributed by atoms with Gasteiger partial charge < -0.3 is 10.1 Å². The number of carbonyl (C=O) groups excluding carboxylic acids is 1. The van der Waals surface area contributed by atoms with E-state index in [-0.39, 0.29) is 45.1 Å². The highest BCUT2D eigenvalue weighted by Crippen LogP contribution is 2.25. The van der Waals surface area contributed by atoms with Gasteiger partial charge in [0.15, 0.2) is 5.69 Å². The minimum atomic E-state index is -1.51. The van der Waals surface area contributed by atoms with Crippen LogP contribution >= 0.6 is 11.6 Å². The van der Waals surface area contributed by atoms with Gasteiger partial charge in [0.25, 0.3) is 11.2 Å². The highest BCUT2D eigenvalue weighted by molar-refractivity contribution is 6.31. The molecule has 1 aromatic heterocycles. The molecule has 4 rings (SSSR count). The van der Waals surface area contributed by atoms with E-state index < -0.39 is 22.5 Å². The van der Waals surface area contributed by atoms with Gasteiger partial charge in [-0.05, 0) is 17.7 Å². The van der Waals surface area contributed by atoms with E-state index in [1.54, 1.807) is 48.5 Å². The number of aromatic nitrogens is 2. The lowest BCUT2D eigenvalue weighted by Gasteiger charge is -2.15. The number of non-ortho nitro benzene ring substituents is 1. The molecule has 1 heterocycles. The summed E-state index contributed by atoms with van der Waals surface area (Å²) >= 11 is 6.23. The van der Waals surface area contributed by atoms with E-state index in [2.05, 4.69) is 20.5 Å². The Morgan fingerprint density at radius 3 is 2.57 bits per heavy atom. The molecule has 0 aliphatic heterocycles. The van der Waals surface area contributed by atoms with Crippen LogP contribution in [0.3, 0.4) is 0 Å². The molecular formula is C24H18ClN5O5. The molecule has 1 atom stereocenters. The summed E-state index contributed by atoms with van der Waals surface area (Å²) in [6.07, 6.45) is -1.49. The molecule has 35 heavy (non-hydrogen) atoms. The van der Waals surface area contributed by atoms with Crippen LogP contribution < -0.4 is 11.0 Å². The van der Waals surface area contributed by atoms with E-state index in [1.807, 2.05) is 6.07 Å². The molecule has 0 fully saturated rings. The maximum atomic E-state index is 12.9. The van der Waals surface area contributed by atoms with Crippen LogP contribution in [0.5, 0.6) is 0 Å². The first kappa shape index (κ1) is 23.7. The Balaban J connectivity index is 1.76. The Morgan fingerprint density at radius 1 is 1.14 bits per heavy atom. The summed E-state index contributed by atoms with van der Waals surface area (Å²) in [7, 11) is 0. The molecule has 0 radical (unpaired) electrons. The minimum Gasteiger partial charge on any atom is -0.382 e. The predicted molar refractivity (Wildman–Crippen MR) is 130 cm³/mol. The number of nitro benzene ring substituents is 1. The lowest BCUT2D eigenvalue weighted by molar-refractivity contribution is -0.384. The number of hydrogen-bond acceptors (Lipinski definition) is 7. The summed E-state index contributed by atoms with van der Waals surface area (Å²) in [4.78, 5) is 42.6. The third kappa shape index (κ3) is 5.40. The van der Waals surface area contributed by atoms with Crippen LogP contribution in [0, 0.1) is 10.1 Å². The normalized spacial score (nSPS) is 12.3. The summed E-state index contributed by atoms with van der Waals surface area (Å²) in [5.41, 5.74) is 2.20. The number of H-pyrrole nitrogens is 1. The van der Waals surface area contributed by atoms with Gasteiger partial charge in [-0.2, -0.15) is 5.10 Å². The smallest absolute Gasteiger partial charge is 0.276 e. The van der Waals surface area contributed by atoms with Crippen molar-refractivity contribution in [3.05, 3.63) is 115 Å². The van der Waals surface area contributed by atoms with Gasteiger partial charge in [-0.1, -0.05) is 60.1 Å². The molecule has 0 unspecified atom stereocenters. The van der Waals surface area contributed by atoms with E-state index >= 15 is 0 Å². The number of nitrogens with zero attached hydrogens (tertiary/aromatic N) is 3. The predicted octanol–water partition coefficient (Wildman–Crippen LogP) is 3.28. The standard InChI is InChI=1S/C24H18ClN5O5/c25-17-9-5-4-8-16(17)23(32)21(29-28-20(31)12-14-6-2-1-3-7-14)22-24(33)27-19-13-15(30(34)35)10-11-18(19)26-22/h1-11,13,23,32H,12H2,(H,27,33)(H,28,31)/b29-21+/t23-/m1/s1. The summed E-state index contributed by atoms with van der Waals surface area (Å²) in [5, 5.41) is 26.4. The number of nitro groups is 1. The van der Waals surface area contributed by atoms with Crippen molar-refractivity contribution >= 4 is 39.9 Å². The van der Waals surface area contributed by atoms with Crippen LogP contribution in [0.4, 0.5) is 5.69 Å². The number of aliphatic hydroxyl groups is 1. The van der Waals surface area contributed by atoms with E-state index in [0.717, 1.165) is 5.56 Å². The molecule has 176 valence electrons. The van der Waals surface area contributed by atoms with E-state index in [4.69, 9.17) is 11.6 Å². The zero-order valence-electron chi connectivity index (χ0n) is 18.0. The molecule has 0 aliphatic rings. The zero-order valence-corrected chi connectivity index (χ0v) is 18.8. The zero-order chi connectivity index (χ0) is 24.9. The van der Waals surface area contributed by atoms with E-state index in [0.29, 0.717) is 0 Å². The molecule has 4 aromatic rings. The molecule has 1 amide bonds. The Hall–Kier alpha value is -4.41. The third-order valence-electron chi connectivity index (χ3n) is 5.10. The summed E-state index contributed by atoms with van der Waals surface area (Å²) in [6.45, 7) is 0. The fourth-order valence-corrected chi connectivity index (χ4v) is 3.63. The van der Waals surface area contributed by atoms with Crippen molar-refractivity contribution in [2.45, 2.75) is 12.5 Å². The lowest BCUT2D eigenvalue weighted by atomic mass is 10.0. The van der Waals surface area contributed by atoms with Gasteiger partial charge in [0.05, 0.1) is 22.4 Å². The fraction of sp³-hybridized carbons (Fsp3) is 0.0833. The number of carbonyl (C=O) groups is 1. The van der Waals surface area contributed by atoms with Crippen molar-refractivity contribution in [1.29, 1.82) is 0 Å². The second-order valence-electron chi connectivity index (χ2n) is 7.49. The van der Waals surface area contributed by atoms with Crippen LogP contribution in [0.1, 0.15) is 22.9 Å². The summed E-state index contributed by atoms with van der Waals surface area (Å²) in [5.74, 6) is -0.479. The second-order valence-corrected chi connectivity index (χ2v) is 7.90. The number of hydrogen-bond donors (Lipinski definition) is 3. The van der Waals surface area contributed by atoms with Crippen molar-refractivity contribution in [3.8, 4) is 0 Å². The Bertz CT molecular complexity index is 1500. The molecule has 0 saturated carbocycles. The number of aromatic amines is 1. The van der Waals surface area contributed by atoms with E-state index in [1.165, 1.54) is 18.2 Å². The van der Waals surface area contributed by atoms with Crippen LogP contribution in [0.2, 0.25) is 5.02 Å². The molecular weight excluding hydrogens is 474 g/mol. The first-order valence-electron chi connectivity index (χ1n) is 10.3. The Kier molecular flexibility index (Phi) is 6.95. The van der Waals surface area contributed by atoms with Crippen LogP contribution in [0.15, 0.2) is 82.7 Å². The van der Waals surface area contributed by atoms with Gasteiger partial charge in [0.2, 0.25) is 5.91 Å². The van der Waals surface area contributed by atoms with Crippen molar-refractivity contribution in [1.82, 2.24) is 15.4 Å². The van der Waals surface area contributed by atoms with Crippen molar-refractivity contribution in [2.75, 3.05) is 0 Å². The maximum Gasteiger partial charge on any atom is 0.276 e. The van der Waals surface area contributed by atoms with Gasteiger partial charge in [-0.25, -0.2) is 10.4 Å². The van der Waals surface area contributed by atoms with Crippen LogP contribution in [0.25, 0.3) is 11.0 Å². The molecule has 3 aromatic carbocycles. The lowest BCUT2D eigenvalue weighted by Crippen LogP contribution is -2.30. The molecule has 10 nitrogen and oxygen atoms in total. The Labute approximate surface area is 203 Å². The maximum absolute atomic E-state index is 12.9. The van der Waals surface area contributed by atoms with Crippen molar-refractivity contribution in [3.63, 3.8) is 0 Å². The van der Waals surface area contributed by atoms with Crippen molar-refractivity contribution < 1.29 is 14.8 Å². The average Bonchev–Trinajstić information content (AvgIpc) is 2.84. The number of halogens is 1. The van der Waals surface area contributed by atoms with Crippen LogP contribution in [-0.2, 0) is 11.2 Å². The quantitative estimate of drug-likeness (QED) is 0.205. The van der Waals surface area contributed by atoms with Gasteiger partial charge >= 0.3 is 0 Å². The average molecular weight is 492 g/mol. The number of benzene rings is 3. The van der Waals surface area contributed by atoms with E-state index in [9.17, 15) is 24.8 Å². The molecule has 3 N–H and O–H groups in total. The fourth-order valence-electron chi connectivity index (χ4n) is 3.39. The number of rotatable bonds is 7. The van der Waals surface area contributed by atoms with Gasteiger partial charge in [-0.15, -0.1) is 0 Å². The van der Waals surface area contributed by atoms with Gasteiger partial charge in [0.1, 0.15) is 11.8 Å². The minimum absolute atomic E-state index is 0.0188. The number of aliphatic hydroxyl groups excluding tert-OH is 1. The highest BCUT2D eigenvalue weighted by Gasteiger charge is 2.25. The summed E-state index contributed by atoms with van der Waals surface area (Å²) < 4.78 is 0. The monoisotopic (exact) mass is 491 g/mol. The largest absolute Gasteiger partial charge is 0.382 e. The molecule has 0 bridgehead atoms. The molecule has 0 aliphatic carbocycles. The molecule has 0 spiro atoms. The van der Waals surface area contributed by atoms with Crippen molar-refractivity contribution in [2.24, 2.45) is 5.10 Å². The number of hydrazone groups is 1. The number of fused-ring (bicyclic) bond motifs is 1. The second kappa shape index (κ2) is 10.2. The van der Waals surface area contributed by atoms with Crippen LogP contribution in [-0.4, -0.2) is 31.6 Å². The number of nitrogens with one attached hydrogen (secondary N) is 2.